The average molecular weight is 259 g/mol. The Morgan fingerprint density at radius 2 is 1.71 bits per heavy atom. The second-order valence-corrected chi connectivity index (χ2v) is 4.38. The molecule has 4 heteroatoms. The predicted molar refractivity (Wildman–Crippen MR) is 69.7 cm³/mol. The van der Waals surface area contributed by atoms with E-state index in [-0.39, 0.29) is 5.92 Å². The Labute approximate surface area is 108 Å². The SMILES string of the molecule is COc1cc(C)cc(OC)c1OCC(C)CCl. The van der Waals surface area contributed by atoms with Gasteiger partial charge in [0.2, 0.25) is 5.75 Å². The van der Waals surface area contributed by atoms with Crippen LogP contribution in [0.5, 0.6) is 17.2 Å². The van der Waals surface area contributed by atoms with Crippen molar-refractivity contribution >= 4 is 11.6 Å². The molecule has 1 aromatic carbocycles. The highest BCUT2D eigenvalue weighted by atomic mass is 35.5. The molecule has 1 unspecified atom stereocenters. The minimum atomic E-state index is 0.285. The van der Waals surface area contributed by atoms with Gasteiger partial charge in [0.25, 0.3) is 0 Å². The van der Waals surface area contributed by atoms with E-state index in [1.54, 1.807) is 14.2 Å². The third-order valence-electron chi connectivity index (χ3n) is 2.38. The fourth-order valence-electron chi connectivity index (χ4n) is 1.42. The van der Waals surface area contributed by atoms with Gasteiger partial charge in [-0.2, -0.15) is 0 Å². The zero-order valence-electron chi connectivity index (χ0n) is 10.7. The van der Waals surface area contributed by atoms with Crippen LogP contribution in [0.2, 0.25) is 0 Å². The van der Waals surface area contributed by atoms with Gasteiger partial charge in [-0.25, -0.2) is 0 Å². The highest BCUT2D eigenvalue weighted by Crippen LogP contribution is 2.38. The van der Waals surface area contributed by atoms with E-state index in [9.17, 15) is 0 Å². The van der Waals surface area contributed by atoms with Crippen LogP contribution in [0.3, 0.4) is 0 Å². The van der Waals surface area contributed by atoms with Crippen molar-refractivity contribution < 1.29 is 14.2 Å². The van der Waals surface area contributed by atoms with E-state index in [4.69, 9.17) is 25.8 Å². The van der Waals surface area contributed by atoms with Gasteiger partial charge in [0.05, 0.1) is 20.8 Å². The molecule has 1 rings (SSSR count). The number of alkyl halides is 1. The summed E-state index contributed by atoms with van der Waals surface area (Å²) in [7, 11) is 3.23. The second-order valence-electron chi connectivity index (χ2n) is 4.07. The summed E-state index contributed by atoms with van der Waals surface area (Å²) in [6, 6.07) is 3.84. The van der Waals surface area contributed by atoms with Crippen LogP contribution in [0, 0.1) is 12.8 Å². The van der Waals surface area contributed by atoms with E-state index in [1.165, 1.54) is 0 Å². The van der Waals surface area contributed by atoms with Crippen molar-refractivity contribution in [2.24, 2.45) is 5.92 Å². The van der Waals surface area contributed by atoms with E-state index in [2.05, 4.69) is 0 Å². The number of benzene rings is 1. The normalized spacial score (nSPS) is 12.1. The van der Waals surface area contributed by atoms with Crippen LogP contribution in [0.25, 0.3) is 0 Å². The molecule has 0 aliphatic heterocycles. The summed E-state index contributed by atoms with van der Waals surface area (Å²) in [6.07, 6.45) is 0. The van der Waals surface area contributed by atoms with Crippen LogP contribution in [-0.2, 0) is 0 Å². The highest BCUT2D eigenvalue weighted by molar-refractivity contribution is 6.18. The van der Waals surface area contributed by atoms with Gasteiger partial charge in [-0.05, 0) is 24.6 Å². The summed E-state index contributed by atoms with van der Waals surface area (Å²) in [5.74, 6) is 2.86. The van der Waals surface area contributed by atoms with Crippen LogP contribution in [-0.4, -0.2) is 26.7 Å². The summed E-state index contributed by atoms with van der Waals surface area (Å²) in [5, 5.41) is 0. The van der Waals surface area contributed by atoms with E-state index in [0.29, 0.717) is 29.7 Å². The summed E-state index contributed by atoms with van der Waals surface area (Å²) in [4.78, 5) is 0. The minimum absolute atomic E-state index is 0.285. The number of hydrogen-bond donors (Lipinski definition) is 0. The van der Waals surface area contributed by atoms with Crippen LogP contribution in [0.15, 0.2) is 12.1 Å². The summed E-state index contributed by atoms with van der Waals surface area (Å²) >= 11 is 5.75. The van der Waals surface area contributed by atoms with E-state index in [0.717, 1.165) is 5.56 Å². The molecule has 1 atom stereocenters. The largest absolute Gasteiger partial charge is 0.493 e. The molecule has 1 aromatic rings. The van der Waals surface area contributed by atoms with Gasteiger partial charge in [-0.3, -0.25) is 0 Å². The van der Waals surface area contributed by atoms with Crippen molar-refractivity contribution in [2.45, 2.75) is 13.8 Å². The highest BCUT2D eigenvalue weighted by Gasteiger charge is 2.14. The molecule has 0 spiro atoms. The summed E-state index contributed by atoms with van der Waals surface area (Å²) in [5.41, 5.74) is 1.07. The second kappa shape index (κ2) is 6.60. The average Bonchev–Trinajstić information content (AvgIpc) is 2.35. The van der Waals surface area contributed by atoms with Crippen molar-refractivity contribution in [1.29, 1.82) is 0 Å². The molecule has 0 aliphatic carbocycles. The van der Waals surface area contributed by atoms with Gasteiger partial charge in [0.15, 0.2) is 11.5 Å². The quantitative estimate of drug-likeness (QED) is 0.733. The first-order chi connectivity index (χ1) is 8.12. The van der Waals surface area contributed by atoms with E-state index in [1.807, 2.05) is 26.0 Å². The van der Waals surface area contributed by atoms with Gasteiger partial charge in [-0.15, -0.1) is 11.6 Å². The predicted octanol–water partition coefficient (Wildman–Crippen LogP) is 3.27. The van der Waals surface area contributed by atoms with Crippen molar-refractivity contribution in [2.75, 3.05) is 26.7 Å². The topological polar surface area (TPSA) is 27.7 Å². The number of hydrogen-bond acceptors (Lipinski definition) is 3. The molecule has 0 amide bonds. The first-order valence-electron chi connectivity index (χ1n) is 5.53. The van der Waals surface area contributed by atoms with E-state index < -0.39 is 0 Å². The third-order valence-corrected chi connectivity index (χ3v) is 2.91. The van der Waals surface area contributed by atoms with Crippen LogP contribution in [0.4, 0.5) is 0 Å². The molecule has 0 fully saturated rings. The van der Waals surface area contributed by atoms with Gasteiger partial charge in [0, 0.05) is 11.8 Å². The van der Waals surface area contributed by atoms with Gasteiger partial charge >= 0.3 is 0 Å². The van der Waals surface area contributed by atoms with Crippen molar-refractivity contribution in [3.05, 3.63) is 17.7 Å². The molecule has 0 saturated carbocycles. The first-order valence-corrected chi connectivity index (χ1v) is 6.07. The number of aryl methyl sites for hydroxylation is 1. The molecule has 96 valence electrons. The standard InChI is InChI=1S/C13H19ClO3/c1-9-5-11(15-3)13(12(6-9)16-4)17-8-10(2)7-14/h5-6,10H,7-8H2,1-4H3. The van der Waals surface area contributed by atoms with Gasteiger partial charge in [0.1, 0.15) is 0 Å². The Morgan fingerprint density at radius 1 is 1.18 bits per heavy atom. The lowest BCUT2D eigenvalue weighted by atomic mass is 10.2. The molecule has 0 N–H and O–H groups in total. The minimum Gasteiger partial charge on any atom is -0.493 e. The molecule has 0 radical (unpaired) electrons. The maximum absolute atomic E-state index is 5.75. The summed E-state index contributed by atoms with van der Waals surface area (Å²) < 4.78 is 16.3. The number of methoxy groups -OCH3 is 2. The molecule has 3 nitrogen and oxygen atoms in total. The van der Waals surface area contributed by atoms with E-state index >= 15 is 0 Å². The molecular weight excluding hydrogens is 240 g/mol. The summed E-state index contributed by atoms with van der Waals surface area (Å²) in [6.45, 7) is 4.55. The Balaban J connectivity index is 2.94. The fourth-order valence-corrected chi connectivity index (χ4v) is 1.51. The number of ether oxygens (including phenoxy) is 3. The van der Waals surface area contributed by atoms with Crippen LogP contribution >= 0.6 is 11.6 Å². The molecule has 0 aliphatic rings. The molecule has 17 heavy (non-hydrogen) atoms. The lowest BCUT2D eigenvalue weighted by Crippen LogP contribution is -2.11. The molecule has 0 heterocycles. The smallest absolute Gasteiger partial charge is 0.203 e. The lowest BCUT2D eigenvalue weighted by Gasteiger charge is -2.16. The van der Waals surface area contributed by atoms with Crippen molar-refractivity contribution in [3.63, 3.8) is 0 Å². The molecular formula is C13H19ClO3. The maximum atomic E-state index is 5.75. The maximum Gasteiger partial charge on any atom is 0.203 e. The first kappa shape index (κ1) is 14.0. The molecule has 0 bridgehead atoms. The van der Waals surface area contributed by atoms with Crippen molar-refractivity contribution in [1.82, 2.24) is 0 Å². The van der Waals surface area contributed by atoms with Crippen LogP contribution < -0.4 is 14.2 Å². The molecule has 0 aromatic heterocycles. The Bertz CT molecular complexity index is 341. The third kappa shape index (κ3) is 3.70. The van der Waals surface area contributed by atoms with Crippen molar-refractivity contribution in [3.8, 4) is 17.2 Å². The number of rotatable bonds is 6. The van der Waals surface area contributed by atoms with Crippen LogP contribution in [0.1, 0.15) is 12.5 Å². The zero-order valence-corrected chi connectivity index (χ0v) is 11.5. The Hall–Kier alpha value is -1.09. The monoisotopic (exact) mass is 258 g/mol. The lowest BCUT2D eigenvalue weighted by molar-refractivity contribution is 0.244. The van der Waals surface area contributed by atoms with Gasteiger partial charge in [-0.1, -0.05) is 6.92 Å². The van der Waals surface area contributed by atoms with Gasteiger partial charge < -0.3 is 14.2 Å². The molecule has 0 saturated heterocycles. The zero-order chi connectivity index (χ0) is 12.8. The Morgan fingerprint density at radius 3 is 2.12 bits per heavy atom. The number of halogens is 1. The fraction of sp³-hybridized carbons (Fsp3) is 0.538. The Kier molecular flexibility index (Phi) is 5.42.